The molecule has 0 saturated carbocycles. The van der Waals surface area contributed by atoms with Crippen molar-refractivity contribution in [3.05, 3.63) is 47.5 Å². The lowest BCUT2D eigenvalue weighted by Crippen LogP contribution is -2.12. The first-order chi connectivity index (χ1) is 8.16. The summed E-state index contributed by atoms with van der Waals surface area (Å²) in [4.78, 5) is 4.17. The maximum absolute atomic E-state index is 6.16. The monoisotopic (exact) mass is 230 g/mol. The van der Waals surface area contributed by atoms with Crippen LogP contribution in [0.15, 0.2) is 30.7 Å². The summed E-state index contributed by atoms with van der Waals surface area (Å²) in [5, 5.41) is 4.14. The highest BCUT2D eigenvalue weighted by Gasteiger charge is 2.08. The van der Waals surface area contributed by atoms with E-state index in [9.17, 15) is 0 Å². The highest BCUT2D eigenvalue weighted by Crippen LogP contribution is 2.16. The molecule has 0 aliphatic carbocycles. The fourth-order valence-corrected chi connectivity index (χ4v) is 1.90. The average molecular weight is 230 g/mol. The molecule has 17 heavy (non-hydrogen) atoms. The molecular formula is C13H18N4. The molecule has 2 aromatic rings. The molecular weight excluding hydrogens is 212 g/mol. The van der Waals surface area contributed by atoms with E-state index in [1.54, 1.807) is 0 Å². The first-order valence-electron chi connectivity index (χ1n) is 5.81. The van der Waals surface area contributed by atoms with Crippen LogP contribution >= 0.6 is 0 Å². The van der Waals surface area contributed by atoms with Gasteiger partial charge in [0.25, 0.3) is 0 Å². The largest absolute Gasteiger partial charge is 0.324 e. The van der Waals surface area contributed by atoms with Gasteiger partial charge in [-0.15, -0.1) is 0 Å². The Balaban J connectivity index is 1.98. The van der Waals surface area contributed by atoms with Gasteiger partial charge in [-0.1, -0.05) is 6.07 Å². The van der Waals surface area contributed by atoms with Crippen molar-refractivity contribution in [3.63, 3.8) is 0 Å². The molecule has 0 saturated heterocycles. The second-order valence-corrected chi connectivity index (χ2v) is 4.39. The third-order valence-corrected chi connectivity index (χ3v) is 2.96. The zero-order valence-corrected chi connectivity index (χ0v) is 10.3. The lowest BCUT2D eigenvalue weighted by atomic mass is 10.0. The minimum absolute atomic E-state index is 0.0392. The zero-order chi connectivity index (χ0) is 12.3. The Morgan fingerprint density at radius 2 is 2.24 bits per heavy atom. The van der Waals surface area contributed by atoms with E-state index in [-0.39, 0.29) is 6.04 Å². The van der Waals surface area contributed by atoms with Crippen LogP contribution in [-0.2, 0) is 13.5 Å². The third-order valence-electron chi connectivity index (χ3n) is 2.96. The zero-order valence-electron chi connectivity index (χ0n) is 10.3. The van der Waals surface area contributed by atoms with E-state index in [2.05, 4.69) is 16.1 Å². The summed E-state index contributed by atoms with van der Waals surface area (Å²) in [6, 6.07) is 4.17. The summed E-state index contributed by atoms with van der Waals surface area (Å²) in [5.74, 6) is 0. The van der Waals surface area contributed by atoms with E-state index in [1.807, 2.05) is 43.3 Å². The quantitative estimate of drug-likeness (QED) is 0.870. The first-order valence-corrected chi connectivity index (χ1v) is 5.81. The number of nitrogens with zero attached hydrogens (tertiary/aromatic N) is 3. The van der Waals surface area contributed by atoms with Gasteiger partial charge in [-0.05, 0) is 37.0 Å². The lowest BCUT2D eigenvalue weighted by molar-refractivity contribution is 0.612. The lowest BCUT2D eigenvalue weighted by Gasteiger charge is -2.12. The first kappa shape index (κ1) is 11.8. The Morgan fingerprint density at radius 1 is 1.41 bits per heavy atom. The number of aromatic nitrogens is 3. The van der Waals surface area contributed by atoms with Crippen molar-refractivity contribution in [1.82, 2.24) is 14.8 Å². The van der Waals surface area contributed by atoms with Crippen molar-refractivity contribution < 1.29 is 0 Å². The Labute approximate surface area is 101 Å². The molecule has 4 heteroatoms. The van der Waals surface area contributed by atoms with Gasteiger partial charge in [-0.25, -0.2) is 0 Å². The number of hydrogen-bond acceptors (Lipinski definition) is 3. The summed E-state index contributed by atoms with van der Waals surface area (Å²) in [5.41, 5.74) is 9.63. The molecule has 0 radical (unpaired) electrons. The molecule has 0 aliphatic heterocycles. The molecule has 4 nitrogen and oxygen atoms in total. The Kier molecular flexibility index (Phi) is 3.54. The third kappa shape index (κ3) is 2.91. The van der Waals surface area contributed by atoms with Crippen LogP contribution in [0.4, 0.5) is 0 Å². The van der Waals surface area contributed by atoms with Gasteiger partial charge < -0.3 is 5.73 Å². The predicted molar refractivity (Wildman–Crippen MR) is 67.4 cm³/mol. The van der Waals surface area contributed by atoms with Crippen LogP contribution < -0.4 is 5.73 Å². The normalized spacial score (nSPS) is 12.6. The molecule has 0 fully saturated rings. The molecule has 2 N–H and O–H groups in total. The van der Waals surface area contributed by atoms with Crippen LogP contribution in [0, 0.1) is 6.92 Å². The number of rotatable bonds is 4. The second-order valence-electron chi connectivity index (χ2n) is 4.39. The SMILES string of the molecule is Cc1cncc(C(N)CCc2ccnn2C)c1. The summed E-state index contributed by atoms with van der Waals surface area (Å²) in [6.45, 7) is 2.03. The molecule has 0 amide bonds. The number of aryl methyl sites for hydroxylation is 3. The topological polar surface area (TPSA) is 56.7 Å². The van der Waals surface area contributed by atoms with Crippen LogP contribution in [0.1, 0.15) is 29.3 Å². The molecule has 0 aliphatic rings. The summed E-state index contributed by atoms with van der Waals surface area (Å²) >= 11 is 0. The minimum atomic E-state index is 0.0392. The van der Waals surface area contributed by atoms with Crippen molar-refractivity contribution >= 4 is 0 Å². The molecule has 0 bridgehead atoms. The van der Waals surface area contributed by atoms with Crippen LogP contribution in [0.3, 0.4) is 0 Å². The van der Waals surface area contributed by atoms with Crippen LogP contribution in [0.2, 0.25) is 0 Å². The number of hydrogen-bond donors (Lipinski definition) is 1. The van der Waals surface area contributed by atoms with Gasteiger partial charge in [-0.2, -0.15) is 5.10 Å². The summed E-state index contributed by atoms with van der Waals surface area (Å²) < 4.78 is 1.89. The highest BCUT2D eigenvalue weighted by atomic mass is 15.2. The summed E-state index contributed by atoms with van der Waals surface area (Å²) in [7, 11) is 1.95. The highest BCUT2D eigenvalue weighted by molar-refractivity contribution is 5.20. The van der Waals surface area contributed by atoms with E-state index in [0.29, 0.717) is 0 Å². The Bertz CT molecular complexity index is 490. The average Bonchev–Trinajstić information content (AvgIpc) is 2.72. The molecule has 2 rings (SSSR count). The number of pyridine rings is 1. The van der Waals surface area contributed by atoms with Crippen LogP contribution in [0.25, 0.3) is 0 Å². The van der Waals surface area contributed by atoms with Gasteiger partial charge >= 0.3 is 0 Å². The fourth-order valence-electron chi connectivity index (χ4n) is 1.90. The molecule has 1 unspecified atom stereocenters. The van der Waals surface area contributed by atoms with Gasteiger partial charge in [0.2, 0.25) is 0 Å². The maximum atomic E-state index is 6.16. The molecule has 1 atom stereocenters. The predicted octanol–water partition coefficient (Wildman–Crippen LogP) is 1.76. The van der Waals surface area contributed by atoms with Crippen molar-refractivity contribution in [2.45, 2.75) is 25.8 Å². The Hall–Kier alpha value is -1.68. The van der Waals surface area contributed by atoms with Gasteiger partial charge in [0.1, 0.15) is 0 Å². The van der Waals surface area contributed by atoms with E-state index in [1.165, 1.54) is 5.69 Å². The minimum Gasteiger partial charge on any atom is -0.324 e. The van der Waals surface area contributed by atoms with Crippen LogP contribution in [0.5, 0.6) is 0 Å². The van der Waals surface area contributed by atoms with Crippen molar-refractivity contribution in [1.29, 1.82) is 0 Å². The van der Waals surface area contributed by atoms with E-state index in [4.69, 9.17) is 5.73 Å². The molecule has 0 spiro atoms. The fraction of sp³-hybridized carbons (Fsp3) is 0.385. The maximum Gasteiger partial charge on any atom is 0.0492 e. The van der Waals surface area contributed by atoms with E-state index < -0.39 is 0 Å². The second kappa shape index (κ2) is 5.10. The Morgan fingerprint density at radius 3 is 2.88 bits per heavy atom. The summed E-state index contributed by atoms with van der Waals surface area (Å²) in [6.07, 6.45) is 7.35. The van der Waals surface area contributed by atoms with E-state index >= 15 is 0 Å². The van der Waals surface area contributed by atoms with Gasteiger partial charge in [0.05, 0.1) is 0 Å². The number of nitrogens with two attached hydrogens (primary N) is 1. The van der Waals surface area contributed by atoms with Gasteiger partial charge in [0.15, 0.2) is 0 Å². The molecule has 2 heterocycles. The molecule has 0 aromatic carbocycles. The standard InChI is InChI=1S/C13H18N4/c1-10-7-11(9-15-8-10)13(14)4-3-12-5-6-16-17(12)2/h5-9,13H,3-4,14H2,1-2H3. The van der Waals surface area contributed by atoms with Gasteiger partial charge in [0, 0.05) is 37.4 Å². The van der Waals surface area contributed by atoms with Crippen LogP contribution in [-0.4, -0.2) is 14.8 Å². The molecule has 90 valence electrons. The van der Waals surface area contributed by atoms with Crippen molar-refractivity contribution in [2.24, 2.45) is 12.8 Å². The van der Waals surface area contributed by atoms with Gasteiger partial charge in [-0.3, -0.25) is 9.67 Å². The smallest absolute Gasteiger partial charge is 0.0492 e. The van der Waals surface area contributed by atoms with E-state index in [0.717, 1.165) is 24.0 Å². The molecule has 2 aromatic heterocycles. The van der Waals surface area contributed by atoms with Crippen molar-refractivity contribution in [2.75, 3.05) is 0 Å². The van der Waals surface area contributed by atoms with Crippen molar-refractivity contribution in [3.8, 4) is 0 Å².